The van der Waals surface area contributed by atoms with Gasteiger partial charge in [0, 0.05) is 12.8 Å². The summed E-state index contributed by atoms with van der Waals surface area (Å²) in [5.41, 5.74) is 0. The average molecular weight is 919 g/mol. The molecule has 1 atom stereocenters. The smallest absolute Gasteiger partial charge is 0.328 e. The number of carbonyl (C=O) groups is 3. The second-order valence-electron chi connectivity index (χ2n) is 20.4. The van der Waals surface area contributed by atoms with Crippen molar-refractivity contribution in [2.24, 2.45) is 0 Å². The molecule has 65 heavy (non-hydrogen) atoms. The molecule has 0 heterocycles. The third kappa shape index (κ3) is 51.6. The summed E-state index contributed by atoms with van der Waals surface area (Å²) in [6.45, 7) is 7.64. The first-order valence-corrected chi connectivity index (χ1v) is 29.7. The van der Waals surface area contributed by atoms with E-state index in [0.29, 0.717) is 19.6 Å². The number of esters is 2. The number of amides is 1. The van der Waals surface area contributed by atoms with Crippen LogP contribution in [-0.2, 0) is 23.9 Å². The van der Waals surface area contributed by atoms with Crippen LogP contribution in [-0.4, -0.2) is 37.1 Å². The molecule has 0 bridgehead atoms. The number of hydrogen-bond acceptors (Lipinski definition) is 5. The lowest BCUT2D eigenvalue weighted by Gasteiger charge is -2.18. The van der Waals surface area contributed by atoms with Crippen LogP contribution in [0.5, 0.6) is 0 Å². The lowest BCUT2D eigenvalue weighted by molar-refractivity contribution is -0.149. The fourth-order valence-corrected chi connectivity index (χ4v) is 9.27. The van der Waals surface area contributed by atoms with Crippen LogP contribution >= 0.6 is 0 Å². The molecular weight excluding hydrogens is 803 g/mol. The molecule has 0 aliphatic rings. The topological polar surface area (TPSA) is 81.7 Å². The Labute approximate surface area is 406 Å². The minimum atomic E-state index is -0.803. The first kappa shape index (κ1) is 63.4. The van der Waals surface area contributed by atoms with Crippen LogP contribution in [0.1, 0.15) is 342 Å². The van der Waals surface area contributed by atoms with Gasteiger partial charge in [-0.15, -0.1) is 0 Å². The van der Waals surface area contributed by atoms with E-state index in [0.717, 1.165) is 44.9 Å². The van der Waals surface area contributed by atoms with Crippen molar-refractivity contribution in [3.05, 3.63) is 0 Å². The minimum absolute atomic E-state index is 0.108. The molecule has 0 saturated carbocycles. The zero-order valence-corrected chi connectivity index (χ0v) is 44.4. The van der Waals surface area contributed by atoms with E-state index in [4.69, 9.17) is 9.47 Å². The van der Waals surface area contributed by atoms with Crippen molar-refractivity contribution < 1.29 is 23.9 Å². The summed E-state index contributed by atoms with van der Waals surface area (Å²) >= 11 is 0. The fourth-order valence-electron chi connectivity index (χ4n) is 9.27. The van der Waals surface area contributed by atoms with Crippen molar-refractivity contribution in [2.75, 3.05) is 13.2 Å². The van der Waals surface area contributed by atoms with Gasteiger partial charge in [-0.2, -0.15) is 0 Å². The highest BCUT2D eigenvalue weighted by Crippen LogP contribution is 2.17. The predicted octanol–water partition coefficient (Wildman–Crippen LogP) is 19.1. The maximum Gasteiger partial charge on any atom is 0.328 e. The number of ether oxygens (including phenoxy) is 2. The Morgan fingerprint density at radius 2 is 0.554 bits per heavy atom. The number of hydrogen-bond donors (Lipinski definition) is 1. The highest BCUT2D eigenvalue weighted by atomic mass is 16.5. The van der Waals surface area contributed by atoms with Gasteiger partial charge in [0.15, 0.2) is 0 Å². The third-order valence-electron chi connectivity index (χ3n) is 13.8. The molecule has 0 fully saturated rings. The monoisotopic (exact) mass is 918 g/mol. The van der Waals surface area contributed by atoms with E-state index in [1.165, 1.54) is 257 Å². The molecule has 0 spiro atoms. The summed E-state index contributed by atoms with van der Waals surface area (Å²) in [6, 6.07) is -0.803. The molecule has 0 unspecified atom stereocenters. The lowest BCUT2D eigenvalue weighted by Crippen LogP contribution is -2.42. The molecule has 0 radical (unpaired) electrons. The molecule has 0 rings (SSSR count). The van der Waals surface area contributed by atoms with Gasteiger partial charge in [0.25, 0.3) is 0 Å². The van der Waals surface area contributed by atoms with Gasteiger partial charge in [-0.25, -0.2) is 4.79 Å². The number of unbranched alkanes of at least 4 members (excludes halogenated alkanes) is 44. The Morgan fingerprint density at radius 3 is 0.846 bits per heavy atom. The first-order valence-electron chi connectivity index (χ1n) is 29.7. The SMILES string of the molecule is CCCCCCCCCCCCCCCCCCOC(=O)CC[C@H](NC(=O)CCCCCCCCCCCCCCCCC)C(=O)OCCCCCCCCCCCCCCCCCC. The maximum absolute atomic E-state index is 13.2. The van der Waals surface area contributed by atoms with Gasteiger partial charge < -0.3 is 14.8 Å². The molecule has 0 aromatic heterocycles. The van der Waals surface area contributed by atoms with Crippen LogP contribution in [0.4, 0.5) is 0 Å². The molecule has 0 saturated heterocycles. The van der Waals surface area contributed by atoms with Crippen LogP contribution in [0.25, 0.3) is 0 Å². The molecule has 0 aromatic rings. The Hall–Kier alpha value is -1.59. The quantitative estimate of drug-likeness (QED) is 0.0485. The zero-order chi connectivity index (χ0) is 47.2. The molecule has 1 N–H and O–H groups in total. The third-order valence-corrected chi connectivity index (χ3v) is 13.8. The van der Waals surface area contributed by atoms with Crippen LogP contribution in [0.3, 0.4) is 0 Å². The van der Waals surface area contributed by atoms with E-state index < -0.39 is 12.0 Å². The molecule has 0 aliphatic heterocycles. The van der Waals surface area contributed by atoms with E-state index in [1.807, 2.05) is 0 Å². The van der Waals surface area contributed by atoms with Gasteiger partial charge in [-0.1, -0.05) is 303 Å². The van der Waals surface area contributed by atoms with Crippen molar-refractivity contribution in [1.82, 2.24) is 5.32 Å². The average Bonchev–Trinajstić information content (AvgIpc) is 3.30. The van der Waals surface area contributed by atoms with E-state index >= 15 is 0 Å². The molecular formula is C59H115NO5. The van der Waals surface area contributed by atoms with Gasteiger partial charge in [-0.3, -0.25) is 9.59 Å². The summed E-state index contributed by atoms with van der Waals surface area (Å²) in [5.74, 6) is -0.829. The normalized spacial score (nSPS) is 11.9. The number of carbonyl (C=O) groups excluding carboxylic acids is 3. The van der Waals surface area contributed by atoms with Crippen molar-refractivity contribution in [3.63, 3.8) is 0 Å². The zero-order valence-electron chi connectivity index (χ0n) is 44.4. The van der Waals surface area contributed by atoms with Crippen LogP contribution < -0.4 is 5.32 Å². The fraction of sp³-hybridized carbons (Fsp3) is 0.949. The van der Waals surface area contributed by atoms with Gasteiger partial charge in [-0.05, 0) is 25.7 Å². The maximum atomic E-state index is 13.2. The summed E-state index contributed by atoms with van der Waals surface area (Å²) in [4.78, 5) is 38.9. The summed E-state index contributed by atoms with van der Waals surface area (Å²) in [5, 5.41) is 2.93. The predicted molar refractivity (Wildman–Crippen MR) is 282 cm³/mol. The molecule has 386 valence electrons. The van der Waals surface area contributed by atoms with Crippen LogP contribution in [0.2, 0.25) is 0 Å². The summed E-state index contributed by atoms with van der Waals surface area (Å²) in [6.07, 6.45) is 61.8. The van der Waals surface area contributed by atoms with E-state index in [9.17, 15) is 14.4 Å². The van der Waals surface area contributed by atoms with E-state index in [2.05, 4.69) is 26.1 Å². The molecule has 6 nitrogen and oxygen atoms in total. The number of nitrogens with one attached hydrogen (secondary N) is 1. The van der Waals surface area contributed by atoms with Crippen molar-refractivity contribution >= 4 is 17.8 Å². The molecule has 6 heteroatoms. The molecule has 0 aliphatic carbocycles. The van der Waals surface area contributed by atoms with Crippen molar-refractivity contribution in [1.29, 1.82) is 0 Å². The van der Waals surface area contributed by atoms with Gasteiger partial charge in [0.05, 0.1) is 13.2 Å². The second-order valence-corrected chi connectivity index (χ2v) is 20.4. The highest BCUT2D eigenvalue weighted by molar-refractivity contribution is 5.85. The Balaban J connectivity index is 4.30. The Morgan fingerprint density at radius 1 is 0.308 bits per heavy atom. The van der Waals surface area contributed by atoms with E-state index in [-0.39, 0.29) is 24.7 Å². The Bertz CT molecular complexity index is 970. The van der Waals surface area contributed by atoms with E-state index in [1.54, 1.807) is 0 Å². The Kier molecular flexibility index (Phi) is 53.7. The van der Waals surface area contributed by atoms with Gasteiger partial charge in [0.2, 0.25) is 5.91 Å². The first-order chi connectivity index (χ1) is 32.0. The van der Waals surface area contributed by atoms with Gasteiger partial charge >= 0.3 is 11.9 Å². The second kappa shape index (κ2) is 55.0. The number of rotatable bonds is 55. The standard InChI is InChI=1S/C59H115NO5/c1-4-7-10-13-16-19-22-25-28-31-34-37-40-43-46-49-54-64-58(62)53-52-56(60-57(61)51-48-45-42-39-36-33-30-27-24-21-18-15-12-9-6-3)59(63)65-55-50-47-44-41-38-35-32-29-26-23-20-17-14-11-8-5-2/h56H,4-55H2,1-3H3,(H,60,61)/t56-/m0/s1. The lowest BCUT2D eigenvalue weighted by atomic mass is 10.0. The summed E-state index contributed by atoms with van der Waals surface area (Å²) in [7, 11) is 0. The van der Waals surface area contributed by atoms with Crippen molar-refractivity contribution in [2.45, 2.75) is 348 Å². The largest absolute Gasteiger partial charge is 0.466 e. The van der Waals surface area contributed by atoms with Crippen LogP contribution in [0, 0.1) is 0 Å². The molecule has 0 aromatic carbocycles. The van der Waals surface area contributed by atoms with Crippen LogP contribution in [0.15, 0.2) is 0 Å². The summed E-state index contributed by atoms with van der Waals surface area (Å²) < 4.78 is 11.2. The minimum Gasteiger partial charge on any atom is -0.466 e. The van der Waals surface area contributed by atoms with Crippen molar-refractivity contribution in [3.8, 4) is 0 Å². The van der Waals surface area contributed by atoms with Gasteiger partial charge in [0.1, 0.15) is 6.04 Å². The molecule has 1 amide bonds. The highest BCUT2D eigenvalue weighted by Gasteiger charge is 2.23.